The lowest BCUT2D eigenvalue weighted by Gasteiger charge is -2.04. The van der Waals surface area contributed by atoms with Gasteiger partial charge in [0.1, 0.15) is 0 Å². The lowest BCUT2D eigenvalue weighted by atomic mass is 10.3. The molecule has 14 heavy (non-hydrogen) atoms. The van der Waals surface area contributed by atoms with Crippen LogP contribution in [-0.4, -0.2) is 15.9 Å². The fourth-order valence-corrected chi connectivity index (χ4v) is 0.771. The Morgan fingerprint density at radius 3 is 2.36 bits per heavy atom. The lowest BCUT2D eigenvalue weighted by molar-refractivity contribution is -0.141. The van der Waals surface area contributed by atoms with Crippen LogP contribution in [0.1, 0.15) is 11.4 Å². The highest BCUT2D eigenvalue weighted by Gasteiger charge is 2.32. The van der Waals surface area contributed by atoms with Crippen molar-refractivity contribution in [3.63, 3.8) is 0 Å². The van der Waals surface area contributed by atoms with E-state index in [2.05, 4.69) is 9.97 Å². The van der Waals surface area contributed by atoms with E-state index in [1.54, 1.807) is 0 Å². The fourth-order valence-electron chi connectivity index (χ4n) is 0.771. The van der Waals surface area contributed by atoms with E-state index in [9.17, 15) is 18.0 Å². The van der Waals surface area contributed by atoms with E-state index in [0.717, 1.165) is 6.20 Å². The second-order valence-electron chi connectivity index (χ2n) is 2.53. The second kappa shape index (κ2) is 3.60. The predicted molar refractivity (Wildman–Crippen MR) is 39.9 cm³/mol. The number of rotatable bonds is 2. The molecule has 0 aliphatic rings. The molecule has 1 amide bonds. The molecule has 2 N–H and O–H groups in total. The highest BCUT2D eigenvalue weighted by atomic mass is 19.4. The molecule has 0 aliphatic heterocycles. The number of alkyl halides is 3. The molecule has 0 aliphatic carbocycles. The molecule has 0 bridgehead atoms. The number of halogens is 3. The maximum Gasteiger partial charge on any atom is 0.434 e. The number of primary amides is 1. The summed E-state index contributed by atoms with van der Waals surface area (Å²) in [4.78, 5) is 16.9. The van der Waals surface area contributed by atoms with Crippen LogP contribution in [0.3, 0.4) is 0 Å². The van der Waals surface area contributed by atoms with Crippen molar-refractivity contribution in [1.29, 1.82) is 0 Å². The number of amides is 1. The average Bonchev–Trinajstić information content (AvgIpc) is 2.02. The van der Waals surface area contributed by atoms with Crippen LogP contribution in [-0.2, 0) is 17.4 Å². The number of nitrogens with two attached hydrogens (primary N) is 1. The maximum atomic E-state index is 12.0. The lowest BCUT2D eigenvalue weighted by Crippen LogP contribution is -2.16. The quantitative estimate of drug-likeness (QED) is 0.765. The predicted octanol–water partition coefficient (Wildman–Crippen LogP) is 0.523. The number of hydrogen-bond donors (Lipinski definition) is 1. The minimum Gasteiger partial charge on any atom is -0.369 e. The third kappa shape index (κ3) is 2.68. The zero-order valence-electron chi connectivity index (χ0n) is 6.88. The van der Waals surface area contributed by atoms with E-state index < -0.39 is 17.8 Å². The third-order valence-electron chi connectivity index (χ3n) is 1.35. The van der Waals surface area contributed by atoms with Crippen molar-refractivity contribution in [1.82, 2.24) is 9.97 Å². The summed E-state index contributed by atoms with van der Waals surface area (Å²) in [5.41, 5.74) is 3.84. The topological polar surface area (TPSA) is 68.9 Å². The molecule has 0 radical (unpaired) electrons. The third-order valence-corrected chi connectivity index (χ3v) is 1.35. The fraction of sp³-hybridized carbons (Fsp3) is 0.286. The molecule has 4 nitrogen and oxygen atoms in total. The van der Waals surface area contributed by atoms with E-state index in [0.29, 0.717) is 6.20 Å². The minimum atomic E-state index is -4.52. The molecule has 1 rings (SSSR count). The summed E-state index contributed by atoms with van der Waals surface area (Å²) in [5.74, 6) is -0.668. The van der Waals surface area contributed by atoms with Crippen molar-refractivity contribution < 1.29 is 18.0 Å². The number of hydrogen-bond acceptors (Lipinski definition) is 3. The highest BCUT2D eigenvalue weighted by molar-refractivity contribution is 5.75. The Bertz CT molecular complexity index is 333. The summed E-state index contributed by atoms with van der Waals surface area (Å²) in [6.45, 7) is 0. The standard InChI is InChI=1S/C7H6F3N3O/c8-7(9,10)5-3-12-4(2-13-5)1-6(11)14/h2-3H,1H2,(H2,11,14). The van der Waals surface area contributed by atoms with E-state index in [1.807, 2.05) is 0 Å². The van der Waals surface area contributed by atoms with Crippen molar-refractivity contribution in [2.45, 2.75) is 12.6 Å². The van der Waals surface area contributed by atoms with E-state index in [4.69, 9.17) is 5.73 Å². The van der Waals surface area contributed by atoms with Gasteiger partial charge in [-0.05, 0) is 0 Å². The molecule has 0 spiro atoms. The van der Waals surface area contributed by atoms with Crippen molar-refractivity contribution in [2.75, 3.05) is 0 Å². The zero-order chi connectivity index (χ0) is 10.8. The molecule has 0 fully saturated rings. The van der Waals surface area contributed by atoms with Gasteiger partial charge in [0.25, 0.3) is 0 Å². The number of nitrogens with zero attached hydrogens (tertiary/aromatic N) is 2. The molecule has 7 heteroatoms. The molecule has 0 aromatic carbocycles. The molecule has 1 heterocycles. The van der Waals surface area contributed by atoms with Gasteiger partial charge in [-0.15, -0.1) is 0 Å². The number of carbonyl (C=O) groups excluding carboxylic acids is 1. The van der Waals surface area contributed by atoms with Gasteiger partial charge in [-0.2, -0.15) is 13.2 Å². The van der Waals surface area contributed by atoms with Gasteiger partial charge < -0.3 is 5.73 Å². The molecule has 1 aromatic heterocycles. The van der Waals surface area contributed by atoms with Crippen LogP contribution >= 0.6 is 0 Å². The van der Waals surface area contributed by atoms with Crippen molar-refractivity contribution in [2.24, 2.45) is 5.73 Å². The maximum absolute atomic E-state index is 12.0. The molecule has 0 unspecified atom stereocenters. The van der Waals surface area contributed by atoms with E-state index >= 15 is 0 Å². The Morgan fingerprint density at radius 1 is 1.36 bits per heavy atom. The zero-order valence-corrected chi connectivity index (χ0v) is 6.88. The Kier molecular flexibility index (Phi) is 2.68. The Balaban J connectivity index is 2.84. The van der Waals surface area contributed by atoms with Crippen LogP contribution in [0.2, 0.25) is 0 Å². The van der Waals surface area contributed by atoms with Crippen LogP contribution in [0.5, 0.6) is 0 Å². The second-order valence-corrected chi connectivity index (χ2v) is 2.53. The van der Waals surface area contributed by atoms with Crippen molar-refractivity contribution in [3.8, 4) is 0 Å². The first kappa shape index (κ1) is 10.4. The van der Waals surface area contributed by atoms with Crippen LogP contribution in [0.25, 0.3) is 0 Å². The molecule has 0 saturated carbocycles. The molecular weight excluding hydrogens is 199 g/mol. The molecule has 0 saturated heterocycles. The van der Waals surface area contributed by atoms with Crippen molar-refractivity contribution in [3.05, 3.63) is 23.8 Å². The minimum absolute atomic E-state index is 0.116. The summed E-state index contributed by atoms with van der Waals surface area (Å²) >= 11 is 0. The monoisotopic (exact) mass is 205 g/mol. The average molecular weight is 205 g/mol. The van der Waals surface area contributed by atoms with Gasteiger partial charge in [0, 0.05) is 6.20 Å². The van der Waals surface area contributed by atoms with Gasteiger partial charge in [-0.3, -0.25) is 9.78 Å². The Hall–Kier alpha value is -1.66. The SMILES string of the molecule is NC(=O)Cc1cnc(C(F)(F)F)cn1. The summed E-state index contributed by atoms with van der Waals surface area (Å²) in [5, 5.41) is 0. The summed E-state index contributed by atoms with van der Waals surface area (Å²) in [6, 6.07) is 0. The number of carbonyl (C=O) groups is 1. The van der Waals surface area contributed by atoms with Gasteiger partial charge in [-0.25, -0.2) is 4.98 Å². The van der Waals surface area contributed by atoms with Gasteiger partial charge in [-0.1, -0.05) is 0 Å². The van der Waals surface area contributed by atoms with E-state index in [1.165, 1.54) is 0 Å². The highest BCUT2D eigenvalue weighted by Crippen LogP contribution is 2.26. The Labute approximate surface area is 77.0 Å². The van der Waals surface area contributed by atoms with Crippen molar-refractivity contribution >= 4 is 5.91 Å². The Morgan fingerprint density at radius 2 is 2.00 bits per heavy atom. The van der Waals surface area contributed by atoms with Gasteiger partial charge in [0.2, 0.25) is 5.91 Å². The van der Waals surface area contributed by atoms with Crippen LogP contribution in [0.15, 0.2) is 12.4 Å². The first-order valence-corrected chi connectivity index (χ1v) is 3.56. The van der Waals surface area contributed by atoms with Gasteiger partial charge in [0.05, 0.1) is 18.3 Å². The molecule has 0 atom stereocenters. The summed E-state index contributed by atoms with van der Waals surface area (Å²) < 4.78 is 36.0. The number of aromatic nitrogens is 2. The van der Waals surface area contributed by atoms with E-state index in [-0.39, 0.29) is 12.1 Å². The van der Waals surface area contributed by atoms with Crippen LogP contribution in [0.4, 0.5) is 13.2 Å². The smallest absolute Gasteiger partial charge is 0.369 e. The summed E-state index contributed by atoms with van der Waals surface area (Å²) in [7, 11) is 0. The normalized spacial score (nSPS) is 11.4. The van der Waals surface area contributed by atoms with Crippen LogP contribution in [0, 0.1) is 0 Å². The first-order valence-electron chi connectivity index (χ1n) is 3.56. The van der Waals surface area contributed by atoms with Gasteiger partial charge in [0.15, 0.2) is 5.69 Å². The van der Waals surface area contributed by atoms with Gasteiger partial charge >= 0.3 is 6.18 Å². The van der Waals surface area contributed by atoms with Crippen LogP contribution < -0.4 is 5.73 Å². The first-order chi connectivity index (χ1) is 6.39. The molecule has 1 aromatic rings. The molecule has 76 valence electrons. The molecular formula is C7H6F3N3O. The largest absolute Gasteiger partial charge is 0.434 e. The summed E-state index contributed by atoms with van der Waals surface area (Å²) in [6.07, 6.45) is -3.28.